The molecule has 2 aromatic heterocycles. The zero-order valence-electron chi connectivity index (χ0n) is 13.7. The standard InChI is InChI=1S/C19H13F2N3S2/c1-11-22-17-18(26-11)16(13-4-8-15(21)9-5-13)23-24-19(17)25-10-12-2-6-14(20)7-3-12/h2-9H,10H2,1H3. The van der Waals surface area contributed by atoms with Crippen LogP contribution >= 0.6 is 23.1 Å². The Morgan fingerprint density at radius 2 is 1.58 bits per heavy atom. The molecule has 0 amide bonds. The van der Waals surface area contributed by atoms with Gasteiger partial charge in [-0.1, -0.05) is 23.9 Å². The van der Waals surface area contributed by atoms with Crippen LogP contribution in [0.4, 0.5) is 8.78 Å². The number of aryl methyl sites for hydroxylation is 1. The fraction of sp³-hybridized carbons (Fsp3) is 0.105. The minimum absolute atomic E-state index is 0.250. The van der Waals surface area contributed by atoms with Crippen LogP contribution in [0.25, 0.3) is 21.5 Å². The van der Waals surface area contributed by atoms with Crippen molar-refractivity contribution in [2.75, 3.05) is 0 Å². The summed E-state index contributed by atoms with van der Waals surface area (Å²) in [4.78, 5) is 4.60. The maximum Gasteiger partial charge on any atom is 0.146 e. The number of aromatic nitrogens is 3. The Balaban J connectivity index is 1.69. The molecule has 0 fully saturated rings. The minimum Gasteiger partial charge on any atom is -0.238 e. The quantitative estimate of drug-likeness (QED) is 0.427. The van der Waals surface area contributed by atoms with E-state index in [4.69, 9.17) is 0 Å². The molecule has 0 spiro atoms. The van der Waals surface area contributed by atoms with E-state index in [0.717, 1.165) is 31.4 Å². The number of hydrogen-bond acceptors (Lipinski definition) is 5. The van der Waals surface area contributed by atoms with E-state index < -0.39 is 0 Å². The summed E-state index contributed by atoms with van der Waals surface area (Å²) in [5.41, 5.74) is 3.31. The van der Waals surface area contributed by atoms with Gasteiger partial charge >= 0.3 is 0 Å². The number of halogens is 2. The van der Waals surface area contributed by atoms with Crippen LogP contribution in [-0.4, -0.2) is 15.2 Å². The fourth-order valence-electron chi connectivity index (χ4n) is 2.55. The maximum atomic E-state index is 13.2. The van der Waals surface area contributed by atoms with Crippen LogP contribution in [-0.2, 0) is 5.75 Å². The minimum atomic E-state index is -0.287. The van der Waals surface area contributed by atoms with Gasteiger partial charge in [0.15, 0.2) is 0 Å². The van der Waals surface area contributed by atoms with E-state index in [2.05, 4.69) is 15.2 Å². The number of thiazole rings is 1. The molecule has 0 N–H and O–H groups in total. The summed E-state index contributed by atoms with van der Waals surface area (Å²) in [6, 6.07) is 12.6. The van der Waals surface area contributed by atoms with Crippen LogP contribution in [0.5, 0.6) is 0 Å². The van der Waals surface area contributed by atoms with Gasteiger partial charge in [0.05, 0.1) is 9.71 Å². The number of thioether (sulfide) groups is 1. The van der Waals surface area contributed by atoms with Crippen molar-refractivity contribution in [3.63, 3.8) is 0 Å². The Hall–Kier alpha value is -2.38. The number of benzene rings is 2. The molecule has 7 heteroatoms. The topological polar surface area (TPSA) is 38.7 Å². The van der Waals surface area contributed by atoms with Gasteiger partial charge in [0.2, 0.25) is 0 Å². The first-order valence-corrected chi connectivity index (χ1v) is 9.67. The maximum absolute atomic E-state index is 13.2. The second kappa shape index (κ2) is 7.09. The summed E-state index contributed by atoms with van der Waals surface area (Å²) in [7, 11) is 0. The summed E-state index contributed by atoms with van der Waals surface area (Å²) in [6.07, 6.45) is 0. The van der Waals surface area contributed by atoms with Crippen LogP contribution in [0.1, 0.15) is 10.6 Å². The third kappa shape index (κ3) is 3.45. The Kier molecular flexibility index (Phi) is 4.65. The van der Waals surface area contributed by atoms with Crippen LogP contribution in [0.3, 0.4) is 0 Å². The van der Waals surface area contributed by atoms with E-state index in [-0.39, 0.29) is 11.6 Å². The normalized spacial score (nSPS) is 11.2. The molecule has 2 heterocycles. The third-order valence-corrected chi connectivity index (χ3v) is 5.80. The lowest BCUT2D eigenvalue weighted by atomic mass is 10.1. The predicted octanol–water partition coefficient (Wildman–Crippen LogP) is 5.63. The molecule has 0 atom stereocenters. The monoisotopic (exact) mass is 385 g/mol. The summed E-state index contributed by atoms with van der Waals surface area (Å²) in [6.45, 7) is 1.94. The highest BCUT2D eigenvalue weighted by Gasteiger charge is 2.16. The average molecular weight is 385 g/mol. The number of hydrogen-bond donors (Lipinski definition) is 0. The van der Waals surface area contributed by atoms with E-state index in [1.165, 1.54) is 36.0 Å². The van der Waals surface area contributed by atoms with Crippen molar-refractivity contribution in [2.45, 2.75) is 17.7 Å². The number of nitrogens with zero attached hydrogens (tertiary/aromatic N) is 3. The molecule has 0 aliphatic heterocycles. The molecular weight excluding hydrogens is 372 g/mol. The van der Waals surface area contributed by atoms with E-state index in [1.807, 2.05) is 6.92 Å². The van der Waals surface area contributed by atoms with Gasteiger partial charge in [-0.3, -0.25) is 0 Å². The van der Waals surface area contributed by atoms with Crippen LogP contribution in [0, 0.1) is 18.6 Å². The molecule has 0 bridgehead atoms. The molecule has 26 heavy (non-hydrogen) atoms. The molecule has 4 aromatic rings. The molecule has 130 valence electrons. The van der Waals surface area contributed by atoms with Crippen molar-refractivity contribution >= 4 is 33.3 Å². The zero-order valence-corrected chi connectivity index (χ0v) is 15.4. The van der Waals surface area contributed by atoms with Crippen molar-refractivity contribution in [3.8, 4) is 11.3 Å². The SMILES string of the molecule is Cc1nc2c(SCc3ccc(F)cc3)nnc(-c3ccc(F)cc3)c2s1. The predicted molar refractivity (Wildman–Crippen MR) is 101 cm³/mol. The van der Waals surface area contributed by atoms with Gasteiger partial charge < -0.3 is 0 Å². The largest absolute Gasteiger partial charge is 0.238 e. The van der Waals surface area contributed by atoms with E-state index in [1.54, 1.807) is 35.6 Å². The lowest BCUT2D eigenvalue weighted by Gasteiger charge is -2.05. The molecule has 0 radical (unpaired) electrons. The fourth-order valence-corrected chi connectivity index (χ4v) is 4.42. The van der Waals surface area contributed by atoms with Crippen molar-refractivity contribution in [2.24, 2.45) is 0 Å². The first-order chi connectivity index (χ1) is 12.6. The Morgan fingerprint density at radius 1 is 0.923 bits per heavy atom. The molecule has 0 aliphatic carbocycles. The molecule has 3 nitrogen and oxygen atoms in total. The second-order valence-electron chi connectivity index (χ2n) is 5.69. The van der Waals surface area contributed by atoms with Gasteiger partial charge in [-0.15, -0.1) is 21.5 Å². The third-order valence-electron chi connectivity index (χ3n) is 3.80. The summed E-state index contributed by atoms with van der Waals surface area (Å²) >= 11 is 3.06. The molecule has 0 saturated heterocycles. The van der Waals surface area contributed by atoms with Crippen LogP contribution in [0.2, 0.25) is 0 Å². The second-order valence-corrected chi connectivity index (χ2v) is 7.85. The van der Waals surface area contributed by atoms with Gasteiger partial charge in [0, 0.05) is 11.3 Å². The lowest BCUT2D eigenvalue weighted by molar-refractivity contribution is 0.627. The highest BCUT2D eigenvalue weighted by Crippen LogP contribution is 2.36. The summed E-state index contributed by atoms with van der Waals surface area (Å²) < 4.78 is 27.2. The molecule has 0 saturated carbocycles. The lowest BCUT2D eigenvalue weighted by Crippen LogP contribution is -1.93. The number of rotatable bonds is 4. The molecule has 2 aromatic carbocycles. The first kappa shape index (κ1) is 17.1. The number of fused-ring (bicyclic) bond motifs is 1. The molecule has 0 aliphatic rings. The summed E-state index contributed by atoms with van der Waals surface area (Å²) in [5.74, 6) is 0.112. The highest BCUT2D eigenvalue weighted by atomic mass is 32.2. The Bertz CT molecular complexity index is 1060. The van der Waals surface area contributed by atoms with Crippen molar-refractivity contribution in [1.82, 2.24) is 15.2 Å². The van der Waals surface area contributed by atoms with Gasteiger partial charge in [-0.25, -0.2) is 13.8 Å². The average Bonchev–Trinajstić information content (AvgIpc) is 3.03. The smallest absolute Gasteiger partial charge is 0.146 e. The highest BCUT2D eigenvalue weighted by molar-refractivity contribution is 7.98. The Morgan fingerprint density at radius 3 is 2.27 bits per heavy atom. The van der Waals surface area contributed by atoms with Gasteiger partial charge in [0.1, 0.15) is 27.9 Å². The van der Waals surface area contributed by atoms with Crippen LogP contribution in [0.15, 0.2) is 53.6 Å². The van der Waals surface area contributed by atoms with Gasteiger partial charge in [-0.05, 0) is 48.9 Å². The van der Waals surface area contributed by atoms with Crippen molar-refractivity contribution < 1.29 is 8.78 Å². The molecular formula is C19H13F2N3S2. The van der Waals surface area contributed by atoms with Crippen molar-refractivity contribution in [1.29, 1.82) is 0 Å². The zero-order chi connectivity index (χ0) is 18.1. The molecule has 0 unspecified atom stereocenters. The van der Waals surface area contributed by atoms with Gasteiger partial charge in [0.25, 0.3) is 0 Å². The Labute approximate surface area is 157 Å². The van der Waals surface area contributed by atoms with E-state index in [9.17, 15) is 8.78 Å². The molecule has 4 rings (SSSR count). The van der Waals surface area contributed by atoms with E-state index in [0.29, 0.717) is 11.4 Å². The van der Waals surface area contributed by atoms with Crippen molar-refractivity contribution in [3.05, 3.63) is 70.7 Å². The van der Waals surface area contributed by atoms with Gasteiger partial charge in [-0.2, -0.15) is 0 Å². The van der Waals surface area contributed by atoms with Crippen LogP contribution < -0.4 is 0 Å². The first-order valence-electron chi connectivity index (χ1n) is 7.87. The summed E-state index contributed by atoms with van der Waals surface area (Å²) in [5, 5.41) is 10.4. The van der Waals surface area contributed by atoms with E-state index >= 15 is 0 Å².